The SMILES string of the molecule is CC/C=C\C/C=C\C/C=C\C/C=C\C/C=C\C/C=C\C/C=C\C/C=C\CCCCCCCCCCCCCCC(=O)OC(COC(=O)CCCCCCCCCCCCCCCCC/C=C\C/C=C\C/C=C\C/C=C\C/C=C\CC)COP(=O)(O)OCC[N+](C)(C)C. The number of allylic oxidation sites excluding steroid dienone is 26. The summed E-state index contributed by atoms with van der Waals surface area (Å²) in [7, 11) is 1.47. The van der Waals surface area contributed by atoms with Gasteiger partial charge >= 0.3 is 19.8 Å². The fourth-order valence-electron chi connectivity index (χ4n) is 9.94. The van der Waals surface area contributed by atoms with Crippen LogP contribution in [-0.2, 0) is 32.7 Å². The Hall–Kier alpha value is -4.37. The van der Waals surface area contributed by atoms with Crippen LogP contribution in [0.5, 0.6) is 0 Å². The fraction of sp³-hybridized carbons (Fsp3) is 0.659. The van der Waals surface area contributed by atoms with Gasteiger partial charge in [-0.2, -0.15) is 0 Å². The first-order valence-corrected chi connectivity index (χ1v) is 38.7. The molecule has 0 aliphatic heterocycles. The van der Waals surface area contributed by atoms with Crippen LogP contribution in [0.25, 0.3) is 0 Å². The molecule has 1 N–H and O–H groups in total. The van der Waals surface area contributed by atoms with Gasteiger partial charge < -0.3 is 18.9 Å². The Bertz CT molecular complexity index is 2110. The molecule has 0 radical (unpaired) electrons. The van der Waals surface area contributed by atoms with E-state index in [4.69, 9.17) is 18.5 Å². The van der Waals surface area contributed by atoms with Gasteiger partial charge in [0.2, 0.25) is 0 Å². The number of hydrogen-bond donors (Lipinski definition) is 1. The molecule has 9 nitrogen and oxygen atoms in total. The number of rotatable bonds is 67. The second-order valence-corrected chi connectivity index (χ2v) is 27.0. The highest BCUT2D eigenvalue weighted by Crippen LogP contribution is 2.43. The average molecular weight is 1300 g/mol. The molecule has 0 aromatic rings. The summed E-state index contributed by atoms with van der Waals surface area (Å²) >= 11 is 0. The number of esters is 2. The minimum atomic E-state index is -4.40. The van der Waals surface area contributed by atoms with E-state index < -0.39 is 26.5 Å². The van der Waals surface area contributed by atoms with Crippen molar-refractivity contribution in [3.63, 3.8) is 0 Å². The maximum absolute atomic E-state index is 12.9. The average Bonchev–Trinajstić information content (AvgIpc) is 2.34. The molecule has 0 aromatic heterocycles. The first-order chi connectivity index (χ1) is 45.0. The second-order valence-electron chi connectivity index (χ2n) is 25.6. The number of carbonyl (C=O) groups is 2. The molecule has 2 atom stereocenters. The first-order valence-electron chi connectivity index (χ1n) is 37.2. The largest absolute Gasteiger partial charge is 0.472 e. The molecule has 0 aliphatic carbocycles. The summed E-state index contributed by atoms with van der Waals surface area (Å²) in [6.45, 7) is 4.21. The van der Waals surface area contributed by atoms with Gasteiger partial charge in [0.15, 0.2) is 6.10 Å². The van der Waals surface area contributed by atoms with E-state index in [0.717, 1.165) is 122 Å². The Kier molecular flexibility index (Phi) is 67.6. The van der Waals surface area contributed by atoms with Crippen molar-refractivity contribution in [1.82, 2.24) is 0 Å². The molecular weight excluding hydrogens is 1160 g/mol. The predicted octanol–water partition coefficient (Wildman–Crippen LogP) is 24.7. The van der Waals surface area contributed by atoms with E-state index in [1.165, 1.54) is 141 Å². The number of hydrogen-bond acceptors (Lipinski definition) is 7. The Labute approximate surface area is 566 Å². The Morgan fingerprint density at radius 3 is 0.870 bits per heavy atom. The summed E-state index contributed by atoms with van der Waals surface area (Å²) in [5.74, 6) is -0.800. The minimum Gasteiger partial charge on any atom is -0.462 e. The summed E-state index contributed by atoms with van der Waals surface area (Å²) in [6, 6.07) is 0. The monoisotopic (exact) mass is 1300 g/mol. The first kappa shape index (κ1) is 87.6. The zero-order chi connectivity index (χ0) is 66.9. The third-order valence-corrected chi connectivity index (χ3v) is 16.5. The Morgan fingerprint density at radius 1 is 0.337 bits per heavy atom. The molecule has 0 saturated heterocycles. The molecule has 0 amide bonds. The normalized spacial score (nSPS) is 14.0. The van der Waals surface area contributed by atoms with Crippen molar-refractivity contribution in [2.45, 2.75) is 302 Å². The van der Waals surface area contributed by atoms with Gasteiger partial charge in [-0.05, 0) is 122 Å². The van der Waals surface area contributed by atoms with Crippen LogP contribution in [0.2, 0.25) is 0 Å². The zero-order valence-electron chi connectivity index (χ0n) is 59.7. The van der Waals surface area contributed by atoms with Gasteiger partial charge in [-0.15, -0.1) is 0 Å². The lowest BCUT2D eigenvalue weighted by atomic mass is 10.0. The standard InChI is InChI=1S/C82H138NO8P/c1-6-8-10-12-14-16-18-20-22-24-26-28-30-32-34-36-38-39-40-41-42-43-45-47-49-51-53-55-57-59-61-63-65-67-69-71-73-75-82(85)91-80(79-90-92(86,87)89-77-76-83(3,4)5)78-88-81(84)74-72-70-68-66-64-62-60-58-56-54-52-50-48-46-44-37-35-33-31-29-27-25-23-21-19-17-15-13-11-9-7-2/h8-11,14-17,20-23,26-29,32-35,38-39,41-42,45,47,80H,6-7,12-13,18-19,24-25,30-31,36-37,40,43-44,46,48-79H2,1-5H3/p+1/b10-8-,11-9-,16-14-,17-15-,22-20-,23-21-,28-26-,29-27-,34-32-,35-33-,39-38-,42-41-,47-45-. The van der Waals surface area contributed by atoms with E-state index in [1.807, 2.05) is 21.1 Å². The number of unbranched alkanes of at least 4 members (excludes halogenated alkanes) is 27. The molecule has 0 bridgehead atoms. The van der Waals surface area contributed by atoms with Crippen LogP contribution in [-0.4, -0.2) is 74.9 Å². The smallest absolute Gasteiger partial charge is 0.462 e. The van der Waals surface area contributed by atoms with E-state index >= 15 is 0 Å². The highest BCUT2D eigenvalue weighted by atomic mass is 31.2. The van der Waals surface area contributed by atoms with Gasteiger partial charge in [-0.25, -0.2) is 4.57 Å². The van der Waals surface area contributed by atoms with Crippen molar-refractivity contribution in [1.29, 1.82) is 0 Å². The molecule has 524 valence electrons. The number of nitrogens with zero attached hydrogens (tertiary/aromatic N) is 1. The number of likely N-dealkylation sites (N-methyl/N-ethyl adjacent to an activating group) is 1. The third kappa shape index (κ3) is 74.7. The summed E-state index contributed by atoms with van der Waals surface area (Å²) < 4.78 is 34.8. The summed E-state index contributed by atoms with van der Waals surface area (Å²) in [4.78, 5) is 35.9. The van der Waals surface area contributed by atoms with E-state index in [-0.39, 0.29) is 32.0 Å². The van der Waals surface area contributed by atoms with Crippen LogP contribution >= 0.6 is 7.82 Å². The van der Waals surface area contributed by atoms with E-state index in [9.17, 15) is 19.0 Å². The highest BCUT2D eigenvalue weighted by molar-refractivity contribution is 7.47. The lowest BCUT2D eigenvalue weighted by molar-refractivity contribution is -0.870. The quantitative estimate of drug-likeness (QED) is 0.0211. The number of phosphoric ester groups is 1. The maximum Gasteiger partial charge on any atom is 0.472 e. The van der Waals surface area contributed by atoms with E-state index in [2.05, 4.69) is 172 Å². The van der Waals surface area contributed by atoms with Crippen molar-refractivity contribution in [2.24, 2.45) is 0 Å². The number of carbonyl (C=O) groups excluding carboxylic acids is 2. The Morgan fingerprint density at radius 2 is 0.587 bits per heavy atom. The highest BCUT2D eigenvalue weighted by Gasteiger charge is 2.27. The molecular formula is C82H139NO8P+. The van der Waals surface area contributed by atoms with Crippen LogP contribution in [0.1, 0.15) is 296 Å². The van der Waals surface area contributed by atoms with Crippen molar-refractivity contribution in [3.8, 4) is 0 Å². The summed E-state index contributed by atoms with van der Waals surface area (Å²) in [5.41, 5.74) is 0. The topological polar surface area (TPSA) is 108 Å². The van der Waals surface area contributed by atoms with Gasteiger partial charge in [-0.3, -0.25) is 18.6 Å². The molecule has 0 saturated carbocycles. The summed E-state index contributed by atoms with van der Waals surface area (Å²) in [6.07, 6.45) is 106. The van der Waals surface area contributed by atoms with Gasteiger partial charge in [0, 0.05) is 12.8 Å². The number of quaternary nitrogens is 1. The molecule has 0 rings (SSSR count). The maximum atomic E-state index is 12.9. The van der Waals surface area contributed by atoms with Crippen LogP contribution in [0.4, 0.5) is 0 Å². The lowest BCUT2D eigenvalue weighted by Gasteiger charge is -2.24. The van der Waals surface area contributed by atoms with E-state index in [1.54, 1.807) is 0 Å². The third-order valence-electron chi connectivity index (χ3n) is 15.6. The van der Waals surface area contributed by atoms with Crippen molar-refractivity contribution >= 4 is 19.8 Å². The molecule has 0 heterocycles. The molecule has 0 fully saturated rings. The van der Waals surface area contributed by atoms with Gasteiger partial charge in [0.1, 0.15) is 19.8 Å². The fourth-order valence-corrected chi connectivity index (χ4v) is 10.7. The molecule has 0 spiro atoms. The van der Waals surface area contributed by atoms with Crippen LogP contribution in [0, 0.1) is 0 Å². The minimum absolute atomic E-state index is 0.0253. The van der Waals surface area contributed by atoms with Gasteiger partial charge in [0.05, 0.1) is 27.7 Å². The Balaban J connectivity index is 4.06. The van der Waals surface area contributed by atoms with Crippen LogP contribution < -0.4 is 0 Å². The van der Waals surface area contributed by atoms with Crippen molar-refractivity contribution < 1.29 is 42.1 Å². The van der Waals surface area contributed by atoms with Crippen LogP contribution in [0.15, 0.2) is 158 Å². The van der Waals surface area contributed by atoms with Crippen molar-refractivity contribution in [3.05, 3.63) is 158 Å². The van der Waals surface area contributed by atoms with Crippen molar-refractivity contribution in [2.75, 3.05) is 47.5 Å². The number of phosphoric acid groups is 1. The second kappa shape index (κ2) is 70.9. The lowest BCUT2D eigenvalue weighted by Crippen LogP contribution is -2.37. The summed E-state index contributed by atoms with van der Waals surface area (Å²) in [5, 5.41) is 0. The van der Waals surface area contributed by atoms with E-state index in [0.29, 0.717) is 17.4 Å². The van der Waals surface area contributed by atoms with Gasteiger partial charge in [0.25, 0.3) is 0 Å². The number of ether oxygens (including phenoxy) is 2. The molecule has 2 unspecified atom stereocenters. The van der Waals surface area contributed by atoms with Gasteiger partial charge in [-0.1, -0.05) is 320 Å². The molecule has 92 heavy (non-hydrogen) atoms. The zero-order valence-corrected chi connectivity index (χ0v) is 60.6. The predicted molar refractivity (Wildman–Crippen MR) is 399 cm³/mol. The molecule has 0 aromatic carbocycles. The molecule has 10 heteroatoms. The van der Waals surface area contributed by atoms with Crippen LogP contribution in [0.3, 0.4) is 0 Å². The molecule has 0 aliphatic rings.